The SMILES string of the molecule is Cc1ccc2nc(-c3cccc(NC(=O)c4ccc(C(C)(C)C)cc4)c3)cn2c1. The van der Waals surface area contributed by atoms with E-state index in [-0.39, 0.29) is 11.3 Å². The number of carbonyl (C=O) groups is 1. The second kappa shape index (κ2) is 7.21. The summed E-state index contributed by atoms with van der Waals surface area (Å²) in [5, 5.41) is 3.00. The number of anilines is 1. The van der Waals surface area contributed by atoms with Crippen LogP contribution in [0.1, 0.15) is 42.3 Å². The summed E-state index contributed by atoms with van der Waals surface area (Å²) in [7, 11) is 0. The molecule has 0 fully saturated rings. The number of rotatable bonds is 3. The van der Waals surface area contributed by atoms with E-state index in [1.54, 1.807) is 0 Å². The van der Waals surface area contributed by atoms with Crippen molar-refractivity contribution in [3.63, 3.8) is 0 Å². The molecule has 2 aromatic carbocycles. The highest BCUT2D eigenvalue weighted by atomic mass is 16.1. The van der Waals surface area contributed by atoms with E-state index in [9.17, 15) is 4.79 Å². The van der Waals surface area contributed by atoms with Crippen molar-refractivity contribution in [3.8, 4) is 11.3 Å². The predicted molar refractivity (Wildman–Crippen MR) is 118 cm³/mol. The average Bonchev–Trinajstić information content (AvgIpc) is 3.11. The molecule has 1 amide bonds. The summed E-state index contributed by atoms with van der Waals surface area (Å²) >= 11 is 0. The molecular weight excluding hydrogens is 358 g/mol. The fourth-order valence-electron chi connectivity index (χ4n) is 3.32. The van der Waals surface area contributed by atoms with Gasteiger partial charge in [0.2, 0.25) is 0 Å². The molecule has 4 nitrogen and oxygen atoms in total. The Hall–Kier alpha value is -3.40. The van der Waals surface area contributed by atoms with Crippen molar-refractivity contribution in [1.82, 2.24) is 9.38 Å². The fourth-order valence-corrected chi connectivity index (χ4v) is 3.32. The van der Waals surface area contributed by atoms with Gasteiger partial charge in [-0.1, -0.05) is 51.1 Å². The van der Waals surface area contributed by atoms with Crippen molar-refractivity contribution in [2.45, 2.75) is 33.1 Å². The number of nitrogens with zero attached hydrogens (tertiary/aromatic N) is 2. The highest BCUT2D eigenvalue weighted by molar-refractivity contribution is 6.04. The molecule has 0 aliphatic rings. The van der Waals surface area contributed by atoms with Gasteiger partial charge in [-0.15, -0.1) is 0 Å². The molecule has 0 radical (unpaired) electrons. The lowest BCUT2D eigenvalue weighted by atomic mass is 9.87. The number of aryl methyl sites for hydroxylation is 1. The minimum absolute atomic E-state index is 0.0654. The number of nitrogens with one attached hydrogen (secondary N) is 1. The molecule has 0 atom stereocenters. The molecule has 0 bridgehead atoms. The number of fused-ring (bicyclic) bond motifs is 1. The van der Waals surface area contributed by atoms with E-state index in [0.717, 1.165) is 22.6 Å². The molecule has 4 rings (SSSR count). The molecule has 2 aromatic heterocycles. The van der Waals surface area contributed by atoms with Crippen LogP contribution in [-0.4, -0.2) is 15.3 Å². The van der Waals surface area contributed by atoms with E-state index in [1.165, 1.54) is 11.1 Å². The van der Waals surface area contributed by atoms with E-state index in [1.807, 2.05) is 71.3 Å². The van der Waals surface area contributed by atoms with Crippen LogP contribution in [0.4, 0.5) is 5.69 Å². The Morgan fingerprint density at radius 3 is 2.45 bits per heavy atom. The molecule has 4 aromatic rings. The van der Waals surface area contributed by atoms with Crippen LogP contribution < -0.4 is 5.32 Å². The monoisotopic (exact) mass is 383 g/mol. The lowest BCUT2D eigenvalue weighted by Gasteiger charge is -2.19. The van der Waals surface area contributed by atoms with Gasteiger partial charge in [-0.2, -0.15) is 0 Å². The first-order valence-corrected chi connectivity index (χ1v) is 9.77. The summed E-state index contributed by atoms with van der Waals surface area (Å²) in [5.74, 6) is -0.117. The Bertz CT molecular complexity index is 1180. The topological polar surface area (TPSA) is 46.4 Å². The van der Waals surface area contributed by atoms with E-state index in [2.05, 4.69) is 44.2 Å². The first-order chi connectivity index (χ1) is 13.8. The Morgan fingerprint density at radius 1 is 0.966 bits per heavy atom. The molecule has 0 unspecified atom stereocenters. The van der Waals surface area contributed by atoms with Gasteiger partial charge < -0.3 is 9.72 Å². The van der Waals surface area contributed by atoms with Crippen LogP contribution >= 0.6 is 0 Å². The van der Waals surface area contributed by atoms with Crippen molar-refractivity contribution in [3.05, 3.63) is 89.7 Å². The Morgan fingerprint density at radius 2 is 1.72 bits per heavy atom. The van der Waals surface area contributed by atoms with Crippen LogP contribution in [0.5, 0.6) is 0 Å². The zero-order valence-corrected chi connectivity index (χ0v) is 17.2. The number of hydrogen-bond acceptors (Lipinski definition) is 2. The van der Waals surface area contributed by atoms with Crippen molar-refractivity contribution >= 4 is 17.2 Å². The third-order valence-corrected chi connectivity index (χ3v) is 5.03. The second-order valence-corrected chi connectivity index (χ2v) is 8.46. The maximum Gasteiger partial charge on any atom is 0.255 e. The van der Waals surface area contributed by atoms with Gasteiger partial charge in [0, 0.05) is 29.2 Å². The summed E-state index contributed by atoms with van der Waals surface area (Å²) in [6.45, 7) is 8.54. The standard InChI is InChI=1S/C25H25N3O/c1-17-8-13-23-27-22(16-28(23)15-17)19-6-5-7-21(14-19)26-24(29)18-9-11-20(12-10-18)25(2,3)4/h5-16H,1-4H3,(H,26,29). The maximum absolute atomic E-state index is 12.7. The van der Waals surface area contributed by atoms with Gasteiger partial charge in [-0.25, -0.2) is 4.98 Å². The van der Waals surface area contributed by atoms with E-state index >= 15 is 0 Å². The van der Waals surface area contributed by atoms with Gasteiger partial charge in [-0.05, 0) is 53.8 Å². The molecule has 0 spiro atoms. The summed E-state index contributed by atoms with van der Waals surface area (Å²) in [4.78, 5) is 17.4. The van der Waals surface area contributed by atoms with Crippen LogP contribution in [0.15, 0.2) is 73.1 Å². The van der Waals surface area contributed by atoms with Crippen LogP contribution in [0.2, 0.25) is 0 Å². The van der Waals surface area contributed by atoms with Crippen molar-refractivity contribution < 1.29 is 4.79 Å². The molecular formula is C25H25N3O. The first kappa shape index (κ1) is 18.9. The smallest absolute Gasteiger partial charge is 0.255 e. The molecule has 0 saturated heterocycles. The van der Waals surface area contributed by atoms with Crippen molar-refractivity contribution in [1.29, 1.82) is 0 Å². The Labute approximate surface area is 171 Å². The Balaban J connectivity index is 1.56. The maximum atomic E-state index is 12.7. The van der Waals surface area contributed by atoms with Crippen LogP contribution in [0, 0.1) is 6.92 Å². The molecule has 2 heterocycles. The number of benzene rings is 2. The quantitative estimate of drug-likeness (QED) is 0.482. The summed E-state index contributed by atoms with van der Waals surface area (Å²) in [5.41, 5.74) is 6.59. The highest BCUT2D eigenvalue weighted by Crippen LogP contribution is 2.24. The molecule has 4 heteroatoms. The van der Waals surface area contributed by atoms with E-state index < -0.39 is 0 Å². The van der Waals surface area contributed by atoms with E-state index in [0.29, 0.717) is 5.56 Å². The fraction of sp³-hybridized carbons (Fsp3) is 0.200. The largest absolute Gasteiger partial charge is 0.322 e. The zero-order chi connectivity index (χ0) is 20.6. The Kier molecular flexibility index (Phi) is 4.71. The van der Waals surface area contributed by atoms with Gasteiger partial charge in [0.1, 0.15) is 5.65 Å². The number of hydrogen-bond donors (Lipinski definition) is 1. The first-order valence-electron chi connectivity index (χ1n) is 9.77. The molecule has 29 heavy (non-hydrogen) atoms. The number of amides is 1. The average molecular weight is 383 g/mol. The second-order valence-electron chi connectivity index (χ2n) is 8.46. The lowest BCUT2D eigenvalue weighted by molar-refractivity contribution is 0.102. The number of imidazole rings is 1. The number of aromatic nitrogens is 2. The number of pyridine rings is 1. The van der Waals surface area contributed by atoms with Crippen LogP contribution in [0.25, 0.3) is 16.9 Å². The third kappa shape index (κ3) is 4.06. The zero-order valence-electron chi connectivity index (χ0n) is 17.2. The third-order valence-electron chi connectivity index (χ3n) is 5.03. The van der Waals surface area contributed by atoms with Gasteiger partial charge >= 0.3 is 0 Å². The minimum atomic E-state index is -0.117. The van der Waals surface area contributed by atoms with Crippen molar-refractivity contribution in [2.24, 2.45) is 0 Å². The summed E-state index contributed by atoms with van der Waals surface area (Å²) < 4.78 is 2.02. The predicted octanol–water partition coefficient (Wildman–Crippen LogP) is 5.86. The van der Waals surface area contributed by atoms with Gasteiger partial charge in [-0.3, -0.25) is 4.79 Å². The molecule has 0 aliphatic heterocycles. The lowest BCUT2D eigenvalue weighted by Crippen LogP contribution is -2.14. The van der Waals surface area contributed by atoms with Gasteiger partial charge in [0.25, 0.3) is 5.91 Å². The molecule has 146 valence electrons. The van der Waals surface area contributed by atoms with Gasteiger partial charge in [0.05, 0.1) is 5.69 Å². The van der Waals surface area contributed by atoms with Gasteiger partial charge in [0.15, 0.2) is 0 Å². The van der Waals surface area contributed by atoms with Crippen LogP contribution in [-0.2, 0) is 5.41 Å². The highest BCUT2D eigenvalue weighted by Gasteiger charge is 2.14. The van der Waals surface area contributed by atoms with E-state index in [4.69, 9.17) is 0 Å². The summed E-state index contributed by atoms with van der Waals surface area (Å²) in [6, 6.07) is 19.6. The van der Waals surface area contributed by atoms with Crippen LogP contribution in [0.3, 0.4) is 0 Å². The molecule has 1 N–H and O–H groups in total. The normalized spacial score (nSPS) is 11.6. The van der Waals surface area contributed by atoms with Crippen molar-refractivity contribution in [2.75, 3.05) is 5.32 Å². The number of carbonyl (C=O) groups excluding carboxylic acids is 1. The molecule has 0 saturated carbocycles. The molecule has 0 aliphatic carbocycles. The minimum Gasteiger partial charge on any atom is -0.322 e. The summed E-state index contributed by atoms with van der Waals surface area (Å²) in [6.07, 6.45) is 4.06.